The number of carbonyl (C=O) groups excluding carboxylic acids is 1. The Kier molecular flexibility index (Phi) is 2.97. The third kappa shape index (κ3) is 2.49. The van der Waals surface area contributed by atoms with Crippen molar-refractivity contribution < 1.29 is 13.9 Å². The summed E-state index contributed by atoms with van der Waals surface area (Å²) in [4.78, 5) is 12.4. The number of nitrogen functional groups attached to an aromatic ring is 1. The predicted molar refractivity (Wildman–Crippen MR) is 79.1 cm³/mol. The number of nitrogens with two attached hydrogens (primary N) is 1. The summed E-state index contributed by atoms with van der Waals surface area (Å²) in [7, 11) is 0. The van der Waals surface area contributed by atoms with Gasteiger partial charge in [0.05, 0.1) is 5.56 Å². The average Bonchev–Trinajstić information content (AvgIpc) is 2.73. The zero-order valence-electron chi connectivity index (χ0n) is 11.9. The zero-order valence-corrected chi connectivity index (χ0v) is 11.9. The minimum absolute atomic E-state index is 0.00637. The second kappa shape index (κ2) is 4.58. The van der Waals surface area contributed by atoms with E-state index in [1.807, 2.05) is 13.8 Å². The van der Waals surface area contributed by atoms with Gasteiger partial charge in [-0.1, -0.05) is 0 Å². The number of carbonyl (C=O) groups is 1. The molecule has 21 heavy (non-hydrogen) atoms. The number of ketones is 1. The fourth-order valence-corrected chi connectivity index (χ4v) is 2.62. The van der Waals surface area contributed by atoms with E-state index >= 15 is 0 Å². The molecule has 0 radical (unpaired) electrons. The van der Waals surface area contributed by atoms with Crippen LogP contribution in [0.3, 0.4) is 0 Å². The molecule has 0 unspecified atom stereocenters. The molecule has 1 heterocycles. The number of halogens is 1. The summed E-state index contributed by atoms with van der Waals surface area (Å²) in [5.41, 5.74) is 7.13. The molecule has 0 spiro atoms. The van der Waals surface area contributed by atoms with Crippen molar-refractivity contribution in [2.24, 2.45) is 0 Å². The Morgan fingerprint density at radius 2 is 2.00 bits per heavy atom. The van der Waals surface area contributed by atoms with E-state index in [0.717, 1.165) is 17.7 Å². The number of anilines is 1. The van der Waals surface area contributed by atoms with E-state index in [0.29, 0.717) is 11.3 Å². The highest BCUT2D eigenvalue weighted by Gasteiger charge is 2.30. The third-order valence-electron chi connectivity index (χ3n) is 3.56. The monoisotopic (exact) mass is 285 g/mol. The number of rotatable bonds is 2. The summed E-state index contributed by atoms with van der Waals surface area (Å²) >= 11 is 0. The van der Waals surface area contributed by atoms with E-state index in [2.05, 4.69) is 0 Å². The number of fused-ring (bicyclic) bond motifs is 1. The van der Waals surface area contributed by atoms with Gasteiger partial charge in [0.2, 0.25) is 0 Å². The Hall–Kier alpha value is -2.36. The van der Waals surface area contributed by atoms with Gasteiger partial charge in [-0.15, -0.1) is 0 Å². The SMILES string of the molecule is CC1(C)Cc2cc(C(=O)c3cc(N)ccc3F)ccc2O1. The molecular formula is C17H16FNO2. The lowest BCUT2D eigenvalue weighted by atomic mass is 9.97. The van der Waals surface area contributed by atoms with Crippen LogP contribution in [0.2, 0.25) is 0 Å². The van der Waals surface area contributed by atoms with Crippen molar-refractivity contribution in [3.63, 3.8) is 0 Å². The fourth-order valence-electron chi connectivity index (χ4n) is 2.62. The summed E-state index contributed by atoms with van der Waals surface area (Å²) in [5, 5.41) is 0. The van der Waals surface area contributed by atoms with E-state index in [9.17, 15) is 9.18 Å². The number of hydrogen-bond donors (Lipinski definition) is 1. The van der Waals surface area contributed by atoms with Crippen LogP contribution >= 0.6 is 0 Å². The maximum atomic E-state index is 13.8. The van der Waals surface area contributed by atoms with E-state index in [1.165, 1.54) is 18.2 Å². The zero-order chi connectivity index (χ0) is 15.2. The van der Waals surface area contributed by atoms with E-state index in [4.69, 9.17) is 10.5 Å². The van der Waals surface area contributed by atoms with Gasteiger partial charge >= 0.3 is 0 Å². The molecule has 2 N–H and O–H groups in total. The Balaban J connectivity index is 1.99. The van der Waals surface area contributed by atoms with Crippen LogP contribution < -0.4 is 10.5 Å². The molecule has 0 fully saturated rings. The van der Waals surface area contributed by atoms with Crippen LogP contribution in [0.1, 0.15) is 35.3 Å². The lowest BCUT2D eigenvalue weighted by molar-refractivity contribution is 0.103. The topological polar surface area (TPSA) is 52.3 Å². The first kappa shape index (κ1) is 13.6. The maximum Gasteiger partial charge on any atom is 0.196 e. The van der Waals surface area contributed by atoms with Gasteiger partial charge < -0.3 is 10.5 Å². The van der Waals surface area contributed by atoms with Crippen molar-refractivity contribution in [3.05, 3.63) is 58.9 Å². The van der Waals surface area contributed by atoms with Gasteiger partial charge in [0.1, 0.15) is 17.2 Å². The fraction of sp³-hybridized carbons (Fsp3) is 0.235. The molecule has 0 aromatic heterocycles. The third-order valence-corrected chi connectivity index (χ3v) is 3.56. The first-order valence-corrected chi connectivity index (χ1v) is 6.77. The second-order valence-corrected chi connectivity index (χ2v) is 5.93. The van der Waals surface area contributed by atoms with Crippen molar-refractivity contribution in [1.29, 1.82) is 0 Å². The van der Waals surface area contributed by atoms with Crippen molar-refractivity contribution in [3.8, 4) is 5.75 Å². The lowest BCUT2D eigenvalue weighted by Gasteiger charge is -2.16. The standard InChI is InChI=1S/C17H16FNO2/c1-17(2)9-11-7-10(3-6-15(11)21-17)16(20)13-8-12(19)4-5-14(13)18/h3-8H,9,19H2,1-2H3. The van der Waals surface area contributed by atoms with Gasteiger partial charge in [-0.3, -0.25) is 4.79 Å². The molecule has 0 amide bonds. The number of ether oxygens (including phenoxy) is 1. The summed E-state index contributed by atoms with van der Waals surface area (Å²) < 4.78 is 19.6. The van der Waals surface area contributed by atoms with Gasteiger partial charge in [0.15, 0.2) is 5.78 Å². The first-order valence-electron chi connectivity index (χ1n) is 6.77. The minimum Gasteiger partial charge on any atom is -0.487 e. The van der Waals surface area contributed by atoms with Crippen LogP contribution in [0.15, 0.2) is 36.4 Å². The Labute approximate surface area is 122 Å². The van der Waals surface area contributed by atoms with Gasteiger partial charge in [0, 0.05) is 17.7 Å². The highest BCUT2D eigenvalue weighted by molar-refractivity contribution is 6.09. The molecule has 1 aliphatic rings. The molecule has 0 atom stereocenters. The molecule has 3 nitrogen and oxygen atoms in total. The Morgan fingerprint density at radius 1 is 1.24 bits per heavy atom. The van der Waals surface area contributed by atoms with Crippen LogP contribution in [0.4, 0.5) is 10.1 Å². The summed E-state index contributed by atoms with van der Waals surface area (Å²) in [5.74, 6) is -0.150. The molecular weight excluding hydrogens is 269 g/mol. The molecule has 1 aliphatic heterocycles. The predicted octanol–water partition coefficient (Wildman–Crippen LogP) is 3.35. The smallest absolute Gasteiger partial charge is 0.196 e. The van der Waals surface area contributed by atoms with Crippen molar-refractivity contribution >= 4 is 11.5 Å². The minimum atomic E-state index is -0.564. The lowest BCUT2D eigenvalue weighted by Crippen LogP contribution is -2.24. The van der Waals surface area contributed by atoms with Crippen LogP contribution in [-0.2, 0) is 6.42 Å². The molecule has 108 valence electrons. The first-order chi connectivity index (χ1) is 9.85. The van der Waals surface area contributed by atoms with Gasteiger partial charge in [-0.2, -0.15) is 0 Å². The van der Waals surface area contributed by atoms with Crippen molar-refractivity contribution in [2.45, 2.75) is 25.9 Å². The normalized spacial score (nSPS) is 15.4. The number of hydrogen-bond acceptors (Lipinski definition) is 3. The number of benzene rings is 2. The Bertz CT molecular complexity index is 738. The van der Waals surface area contributed by atoms with Crippen LogP contribution in [0, 0.1) is 5.82 Å². The van der Waals surface area contributed by atoms with E-state index in [1.54, 1.807) is 18.2 Å². The summed E-state index contributed by atoms with van der Waals surface area (Å²) in [6.45, 7) is 3.98. The van der Waals surface area contributed by atoms with Crippen LogP contribution in [0.5, 0.6) is 5.75 Å². The van der Waals surface area contributed by atoms with Gasteiger partial charge in [0.25, 0.3) is 0 Å². The summed E-state index contributed by atoms with van der Waals surface area (Å²) in [6, 6.07) is 9.21. The van der Waals surface area contributed by atoms with E-state index < -0.39 is 5.82 Å². The van der Waals surface area contributed by atoms with Crippen molar-refractivity contribution in [1.82, 2.24) is 0 Å². The molecule has 0 aliphatic carbocycles. The van der Waals surface area contributed by atoms with Crippen LogP contribution in [-0.4, -0.2) is 11.4 Å². The average molecular weight is 285 g/mol. The van der Waals surface area contributed by atoms with Crippen LogP contribution in [0.25, 0.3) is 0 Å². The van der Waals surface area contributed by atoms with E-state index in [-0.39, 0.29) is 16.9 Å². The molecule has 0 saturated carbocycles. The molecule has 3 rings (SSSR count). The highest BCUT2D eigenvalue weighted by Crippen LogP contribution is 2.35. The highest BCUT2D eigenvalue weighted by atomic mass is 19.1. The largest absolute Gasteiger partial charge is 0.487 e. The van der Waals surface area contributed by atoms with Gasteiger partial charge in [-0.05, 0) is 55.8 Å². The van der Waals surface area contributed by atoms with Crippen molar-refractivity contribution in [2.75, 3.05) is 5.73 Å². The molecule has 0 saturated heterocycles. The molecule has 4 heteroatoms. The Morgan fingerprint density at radius 3 is 2.76 bits per heavy atom. The maximum absolute atomic E-state index is 13.8. The van der Waals surface area contributed by atoms with Gasteiger partial charge in [-0.25, -0.2) is 4.39 Å². The second-order valence-electron chi connectivity index (χ2n) is 5.93. The molecule has 2 aromatic rings. The molecule has 0 bridgehead atoms. The summed E-state index contributed by atoms with van der Waals surface area (Å²) in [6.07, 6.45) is 0.725. The molecule has 2 aromatic carbocycles. The quantitative estimate of drug-likeness (QED) is 0.680.